The van der Waals surface area contributed by atoms with Crippen LogP contribution in [0.2, 0.25) is 0 Å². The molecule has 0 saturated heterocycles. The topological polar surface area (TPSA) is 81.8 Å². The second kappa shape index (κ2) is 9.13. The lowest BCUT2D eigenvalue weighted by molar-refractivity contribution is -0.113. The van der Waals surface area contributed by atoms with Crippen molar-refractivity contribution < 1.29 is 9.18 Å². The highest BCUT2D eigenvalue weighted by molar-refractivity contribution is 7.99. The molecule has 4 aromatic rings. The minimum absolute atomic E-state index is 0.0476. The number of hydrogen-bond acceptors (Lipinski definition) is 5. The van der Waals surface area contributed by atoms with E-state index in [9.17, 15) is 14.0 Å². The Hall–Kier alpha value is -3.46. The molecule has 1 amide bonds. The zero-order valence-electron chi connectivity index (χ0n) is 16.8. The van der Waals surface area contributed by atoms with Crippen LogP contribution in [0.15, 0.2) is 70.7 Å². The van der Waals surface area contributed by atoms with Crippen molar-refractivity contribution in [3.05, 3.63) is 82.5 Å². The molecule has 0 atom stereocenters. The molecule has 7 nitrogen and oxygen atoms in total. The Balaban J connectivity index is 1.61. The molecule has 0 radical (unpaired) electrons. The molecule has 0 unspecified atom stereocenters. The Labute approximate surface area is 181 Å². The van der Waals surface area contributed by atoms with Gasteiger partial charge in [-0.25, -0.2) is 9.37 Å². The van der Waals surface area contributed by atoms with E-state index < -0.39 is 0 Å². The van der Waals surface area contributed by atoms with E-state index in [1.165, 1.54) is 36.0 Å². The molecule has 0 aliphatic rings. The van der Waals surface area contributed by atoms with Crippen molar-refractivity contribution in [3.63, 3.8) is 0 Å². The molecule has 0 aliphatic carbocycles. The number of amides is 1. The van der Waals surface area contributed by atoms with Gasteiger partial charge in [0, 0.05) is 12.2 Å². The van der Waals surface area contributed by atoms with E-state index in [0.29, 0.717) is 35.0 Å². The predicted molar refractivity (Wildman–Crippen MR) is 119 cm³/mol. The molecule has 0 saturated carbocycles. The molecule has 0 spiro atoms. The summed E-state index contributed by atoms with van der Waals surface area (Å²) in [5, 5.41) is 7.49. The first-order valence-electron chi connectivity index (χ1n) is 9.73. The van der Waals surface area contributed by atoms with Crippen molar-refractivity contribution in [1.29, 1.82) is 0 Å². The molecule has 2 aromatic carbocycles. The van der Waals surface area contributed by atoms with Crippen LogP contribution < -0.4 is 10.9 Å². The summed E-state index contributed by atoms with van der Waals surface area (Å²) in [4.78, 5) is 30.1. The third-order valence-corrected chi connectivity index (χ3v) is 5.58. The Bertz CT molecular complexity index is 1270. The third kappa shape index (κ3) is 4.83. The van der Waals surface area contributed by atoms with Crippen molar-refractivity contribution in [2.75, 3.05) is 11.1 Å². The first kappa shape index (κ1) is 20.8. The lowest BCUT2D eigenvalue weighted by Crippen LogP contribution is -2.25. The molecule has 0 fully saturated rings. The standard InChI is InChI=1S/C22H20FN5O2S/c1-2-27-13-18-20(26-27)21(30)28(12-15-6-4-3-5-7-15)22(25-18)31-14-19(29)24-17-10-8-16(23)9-11-17/h3-11,13H,2,12,14H2,1H3,(H,24,29). The summed E-state index contributed by atoms with van der Waals surface area (Å²) in [7, 11) is 0. The number of aryl methyl sites for hydroxylation is 1. The van der Waals surface area contributed by atoms with E-state index in [1.807, 2.05) is 37.3 Å². The fourth-order valence-corrected chi connectivity index (χ4v) is 3.86. The van der Waals surface area contributed by atoms with E-state index in [1.54, 1.807) is 15.4 Å². The number of aromatic nitrogens is 4. The van der Waals surface area contributed by atoms with Crippen molar-refractivity contribution in [2.45, 2.75) is 25.2 Å². The van der Waals surface area contributed by atoms with Crippen LogP contribution in [0.3, 0.4) is 0 Å². The van der Waals surface area contributed by atoms with E-state index in [-0.39, 0.29) is 23.0 Å². The minimum atomic E-state index is -0.373. The zero-order valence-corrected chi connectivity index (χ0v) is 17.6. The van der Waals surface area contributed by atoms with Crippen molar-refractivity contribution in [1.82, 2.24) is 19.3 Å². The predicted octanol–water partition coefficient (Wildman–Crippen LogP) is 3.53. The highest BCUT2D eigenvalue weighted by Gasteiger charge is 2.16. The van der Waals surface area contributed by atoms with Crippen LogP contribution in [0.4, 0.5) is 10.1 Å². The van der Waals surface area contributed by atoms with Crippen molar-refractivity contribution >= 4 is 34.4 Å². The van der Waals surface area contributed by atoms with Gasteiger partial charge in [-0.15, -0.1) is 0 Å². The number of fused-ring (bicyclic) bond motifs is 1. The SMILES string of the molecule is CCn1cc2nc(SCC(=O)Nc3ccc(F)cc3)n(Cc3ccccc3)c(=O)c2n1. The number of anilines is 1. The number of halogens is 1. The number of carbonyl (C=O) groups is 1. The fourth-order valence-electron chi connectivity index (χ4n) is 3.06. The molecule has 4 rings (SSSR count). The van der Waals surface area contributed by atoms with E-state index in [0.717, 1.165) is 5.56 Å². The van der Waals surface area contributed by atoms with Crippen LogP contribution in [-0.2, 0) is 17.9 Å². The Morgan fingerprint density at radius 3 is 2.58 bits per heavy atom. The summed E-state index contributed by atoms with van der Waals surface area (Å²) in [5.74, 6) is -0.602. The summed E-state index contributed by atoms with van der Waals surface area (Å²) in [6.45, 7) is 2.88. The molecule has 0 bridgehead atoms. The Kier molecular flexibility index (Phi) is 6.13. The van der Waals surface area contributed by atoms with Crippen LogP contribution in [0.25, 0.3) is 11.0 Å². The van der Waals surface area contributed by atoms with Crippen LogP contribution in [-0.4, -0.2) is 31.0 Å². The van der Waals surface area contributed by atoms with Gasteiger partial charge in [-0.3, -0.25) is 18.8 Å². The third-order valence-electron chi connectivity index (χ3n) is 4.60. The quantitative estimate of drug-likeness (QED) is 0.353. The van der Waals surface area contributed by atoms with Gasteiger partial charge in [0.1, 0.15) is 11.3 Å². The molecule has 158 valence electrons. The zero-order chi connectivity index (χ0) is 21.8. The van der Waals surface area contributed by atoms with Crippen LogP contribution in [0.5, 0.6) is 0 Å². The van der Waals surface area contributed by atoms with E-state index >= 15 is 0 Å². The van der Waals surface area contributed by atoms with Crippen molar-refractivity contribution in [3.8, 4) is 0 Å². The highest BCUT2D eigenvalue weighted by Crippen LogP contribution is 2.19. The smallest absolute Gasteiger partial charge is 0.282 e. The Morgan fingerprint density at radius 2 is 1.87 bits per heavy atom. The van der Waals surface area contributed by atoms with Gasteiger partial charge < -0.3 is 5.32 Å². The average Bonchev–Trinajstić information content (AvgIpc) is 3.20. The molecular formula is C22H20FN5O2S. The number of carbonyl (C=O) groups excluding carboxylic acids is 1. The van der Waals surface area contributed by atoms with Crippen LogP contribution in [0.1, 0.15) is 12.5 Å². The monoisotopic (exact) mass is 437 g/mol. The first-order chi connectivity index (χ1) is 15.0. The lowest BCUT2D eigenvalue weighted by Gasteiger charge is -2.12. The number of rotatable bonds is 7. The molecule has 2 aromatic heterocycles. The van der Waals surface area contributed by atoms with Crippen molar-refractivity contribution in [2.24, 2.45) is 0 Å². The molecular weight excluding hydrogens is 417 g/mol. The van der Waals surface area contributed by atoms with Gasteiger partial charge in [-0.05, 0) is 36.8 Å². The molecule has 1 N–H and O–H groups in total. The molecule has 2 heterocycles. The van der Waals surface area contributed by atoms with E-state index in [4.69, 9.17) is 0 Å². The maximum absolute atomic E-state index is 13.1. The summed E-state index contributed by atoms with van der Waals surface area (Å²) in [6, 6.07) is 15.1. The second-order valence-electron chi connectivity index (χ2n) is 6.83. The van der Waals surface area contributed by atoms with Gasteiger partial charge >= 0.3 is 0 Å². The summed E-state index contributed by atoms with van der Waals surface area (Å²) in [5.41, 5.74) is 2.00. The molecule has 0 aliphatic heterocycles. The normalized spacial score (nSPS) is 11.0. The van der Waals surface area contributed by atoms with Gasteiger partial charge in [0.2, 0.25) is 5.91 Å². The molecule has 9 heteroatoms. The number of thioether (sulfide) groups is 1. The highest BCUT2D eigenvalue weighted by atomic mass is 32.2. The number of nitrogens with zero attached hydrogens (tertiary/aromatic N) is 4. The maximum Gasteiger partial charge on any atom is 0.282 e. The maximum atomic E-state index is 13.1. The summed E-state index contributed by atoms with van der Waals surface area (Å²) >= 11 is 1.17. The summed E-state index contributed by atoms with van der Waals surface area (Å²) in [6.07, 6.45) is 1.73. The Morgan fingerprint density at radius 1 is 1.13 bits per heavy atom. The number of hydrogen-bond donors (Lipinski definition) is 1. The van der Waals surface area contributed by atoms with Gasteiger partial charge in [-0.1, -0.05) is 42.1 Å². The second-order valence-corrected chi connectivity index (χ2v) is 7.78. The van der Waals surface area contributed by atoms with Crippen LogP contribution >= 0.6 is 11.8 Å². The first-order valence-corrected chi connectivity index (χ1v) is 10.7. The largest absolute Gasteiger partial charge is 0.325 e. The van der Waals surface area contributed by atoms with Crippen LogP contribution in [0, 0.1) is 5.82 Å². The number of nitrogens with one attached hydrogen (secondary N) is 1. The summed E-state index contributed by atoms with van der Waals surface area (Å²) < 4.78 is 16.3. The van der Waals surface area contributed by atoms with Gasteiger partial charge in [0.15, 0.2) is 10.7 Å². The van der Waals surface area contributed by atoms with Gasteiger partial charge in [-0.2, -0.15) is 5.10 Å². The minimum Gasteiger partial charge on any atom is -0.325 e. The fraction of sp³-hybridized carbons (Fsp3) is 0.182. The number of benzene rings is 2. The average molecular weight is 438 g/mol. The lowest BCUT2D eigenvalue weighted by atomic mass is 10.2. The van der Waals surface area contributed by atoms with E-state index in [2.05, 4.69) is 15.4 Å². The van der Waals surface area contributed by atoms with Gasteiger partial charge in [0.25, 0.3) is 5.56 Å². The molecule has 31 heavy (non-hydrogen) atoms. The van der Waals surface area contributed by atoms with Gasteiger partial charge in [0.05, 0.1) is 18.5 Å².